The summed E-state index contributed by atoms with van der Waals surface area (Å²) >= 11 is 0. The van der Waals surface area contributed by atoms with E-state index in [-0.39, 0.29) is 12.5 Å². The van der Waals surface area contributed by atoms with Crippen LogP contribution in [0.1, 0.15) is 19.4 Å². The van der Waals surface area contributed by atoms with Crippen LogP contribution in [0.2, 0.25) is 0 Å². The number of carboxylic acid groups (broad SMARTS) is 1. The fourth-order valence-corrected chi connectivity index (χ4v) is 1.69. The van der Waals surface area contributed by atoms with Gasteiger partial charge in [-0.1, -0.05) is 25.1 Å². The third-order valence-corrected chi connectivity index (χ3v) is 3.08. The summed E-state index contributed by atoms with van der Waals surface area (Å²) < 4.78 is 0. The molecule has 0 heterocycles. The lowest BCUT2D eigenvalue weighted by molar-refractivity contribution is -0.142. The number of nitrogens with one attached hydrogen (secondary N) is 1. The second-order valence-electron chi connectivity index (χ2n) is 4.49. The van der Waals surface area contributed by atoms with Crippen molar-refractivity contribution in [3.8, 4) is 0 Å². The normalized spacial score (nSPS) is 12.2. The summed E-state index contributed by atoms with van der Waals surface area (Å²) in [7, 11) is 1.62. The smallest absolute Gasteiger partial charge is 0.320 e. The van der Waals surface area contributed by atoms with Crippen molar-refractivity contribution in [1.29, 1.82) is 0 Å². The molecule has 1 aromatic rings. The van der Waals surface area contributed by atoms with E-state index >= 15 is 0 Å². The van der Waals surface area contributed by atoms with Gasteiger partial charge >= 0.3 is 5.97 Å². The molecule has 1 unspecified atom stereocenters. The van der Waals surface area contributed by atoms with Gasteiger partial charge < -0.3 is 10.4 Å². The molecule has 5 nitrogen and oxygen atoms in total. The van der Waals surface area contributed by atoms with Crippen LogP contribution in [0.15, 0.2) is 24.3 Å². The average Bonchev–Trinajstić information content (AvgIpc) is 2.38. The molecule has 104 valence electrons. The van der Waals surface area contributed by atoms with Crippen molar-refractivity contribution < 1.29 is 14.7 Å². The number of carboxylic acids is 1. The molecule has 0 aliphatic rings. The van der Waals surface area contributed by atoms with E-state index in [9.17, 15) is 9.59 Å². The number of carbonyl (C=O) groups excluding carboxylic acids is 1. The number of aliphatic carboxylic acids is 1. The van der Waals surface area contributed by atoms with Gasteiger partial charge in [0.15, 0.2) is 0 Å². The number of aryl methyl sites for hydroxylation is 1. The standard InChI is InChI=1S/C14H20N2O3/c1-4-11-7-5-6-8-12(11)15-13(17)9-16(3)10(2)14(18)19/h5-8,10H,4,9H2,1-3H3,(H,15,17)(H,18,19). The zero-order chi connectivity index (χ0) is 14.4. The van der Waals surface area contributed by atoms with Crippen LogP contribution in [0.3, 0.4) is 0 Å². The highest BCUT2D eigenvalue weighted by molar-refractivity contribution is 5.93. The van der Waals surface area contributed by atoms with Gasteiger partial charge in [0.05, 0.1) is 6.54 Å². The summed E-state index contributed by atoms with van der Waals surface area (Å²) in [5.41, 5.74) is 1.84. The largest absolute Gasteiger partial charge is 0.480 e. The van der Waals surface area contributed by atoms with Crippen LogP contribution in [0.4, 0.5) is 5.69 Å². The number of nitrogens with zero attached hydrogens (tertiary/aromatic N) is 1. The monoisotopic (exact) mass is 264 g/mol. The summed E-state index contributed by atoms with van der Waals surface area (Å²) in [5.74, 6) is -1.15. The highest BCUT2D eigenvalue weighted by Crippen LogP contribution is 2.15. The molecule has 1 amide bonds. The molecule has 0 spiro atoms. The maximum atomic E-state index is 11.9. The van der Waals surface area contributed by atoms with E-state index in [0.717, 1.165) is 17.7 Å². The third kappa shape index (κ3) is 4.37. The van der Waals surface area contributed by atoms with E-state index in [1.165, 1.54) is 4.90 Å². The minimum absolute atomic E-state index is 0.0471. The number of hydrogen-bond acceptors (Lipinski definition) is 3. The first-order valence-electron chi connectivity index (χ1n) is 6.26. The lowest BCUT2D eigenvalue weighted by Crippen LogP contribution is -2.40. The van der Waals surface area contributed by atoms with Crippen LogP contribution in [0.5, 0.6) is 0 Å². The van der Waals surface area contributed by atoms with Crippen molar-refractivity contribution in [1.82, 2.24) is 4.90 Å². The van der Waals surface area contributed by atoms with Crippen molar-refractivity contribution in [3.63, 3.8) is 0 Å². The van der Waals surface area contributed by atoms with Crippen LogP contribution >= 0.6 is 0 Å². The second-order valence-corrected chi connectivity index (χ2v) is 4.49. The topological polar surface area (TPSA) is 69.6 Å². The second kappa shape index (κ2) is 6.89. The maximum absolute atomic E-state index is 11.9. The fraction of sp³-hybridized carbons (Fsp3) is 0.429. The summed E-state index contributed by atoms with van der Waals surface area (Å²) in [6.45, 7) is 3.62. The van der Waals surface area contributed by atoms with E-state index in [0.29, 0.717) is 0 Å². The van der Waals surface area contributed by atoms with Gasteiger partial charge in [0.2, 0.25) is 5.91 Å². The van der Waals surface area contributed by atoms with Crippen LogP contribution < -0.4 is 5.32 Å². The molecule has 2 N–H and O–H groups in total. The van der Waals surface area contributed by atoms with Crippen molar-refractivity contribution >= 4 is 17.6 Å². The van der Waals surface area contributed by atoms with E-state index in [2.05, 4.69) is 5.32 Å². The summed E-state index contributed by atoms with van der Waals surface area (Å²) in [6, 6.07) is 6.90. The van der Waals surface area contributed by atoms with Crippen LogP contribution in [0, 0.1) is 0 Å². The quantitative estimate of drug-likeness (QED) is 0.818. The molecule has 0 saturated carbocycles. The number of carbonyl (C=O) groups is 2. The van der Waals surface area contributed by atoms with E-state index < -0.39 is 12.0 Å². The molecule has 1 rings (SSSR count). The van der Waals surface area contributed by atoms with E-state index in [1.54, 1.807) is 14.0 Å². The fourth-order valence-electron chi connectivity index (χ4n) is 1.69. The highest BCUT2D eigenvalue weighted by atomic mass is 16.4. The predicted molar refractivity (Wildman–Crippen MR) is 74.2 cm³/mol. The number of likely N-dealkylation sites (N-methyl/N-ethyl adjacent to an activating group) is 1. The molecule has 19 heavy (non-hydrogen) atoms. The Morgan fingerprint density at radius 1 is 1.37 bits per heavy atom. The first-order chi connectivity index (χ1) is 8.95. The zero-order valence-electron chi connectivity index (χ0n) is 11.5. The van der Waals surface area contributed by atoms with Gasteiger partial charge in [0.25, 0.3) is 0 Å². The van der Waals surface area contributed by atoms with Gasteiger partial charge in [-0.05, 0) is 32.0 Å². The summed E-state index contributed by atoms with van der Waals surface area (Å²) in [4.78, 5) is 24.2. The predicted octanol–water partition coefficient (Wildman–Crippen LogP) is 1.59. The molecule has 0 saturated heterocycles. The van der Waals surface area contributed by atoms with Gasteiger partial charge in [-0.15, -0.1) is 0 Å². The Hall–Kier alpha value is -1.88. The lowest BCUT2D eigenvalue weighted by Gasteiger charge is -2.20. The SMILES string of the molecule is CCc1ccccc1NC(=O)CN(C)C(C)C(=O)O. The highest BCUT2D eigenvalue weighted by Gasteiger charge is 2.19. The van der Waals surface area contributed by atoms with Crippen molar-refractivity contribution in [2.24, 2.45) is 0 Å². The maximum Gasteiger partial charge on any atom is 0.320 e. The number of anilines is 1. The molecule has 0 aromatic heterocycles. The molecule has 0 aliphatic carbocycles. The Bertz CT molecular complexity index is 460. The van der Waals surface area contributed by atoms with Gasteiger partial charge in [0, 0.05) is 5.69 Å². The molecule has 0 bridgehead atoms. The number of rotatable bonds is 6. The minimum Gasteiger partial charge on any atom is -0.480 e. The Morgan fingerprint density at radius 2 is 2.00 bits per heavy atom. The summed E-state index contributed by atoms with van der Waals surface area (Å²) in [5, 5.41) is 11.7. The molecule has 0 radical (unpaired) electrons. The average molecular weight is 264 g/mol. The van der Waals surface area contributed by atoms with Crippen LogP contribution in [0.25, 0.3) is 0 Å². The number of benzene rings is 1. The first kappa shape index (κ1) is 15.2. The Morgan fingerprint density at radius 3 is 2.58 bits per heavy atom. The molecule has 0 aliphatic heterocycles. The first-order valence-corrected chi connectivity index (χ1v) is 6.26. The van der Waals surface area contributed by atoms with Gasteiger partial charge in [-0.3, -0.25) is 14.5 Å². The summed E-state index contributed by atoms with van der Waals surface area (Å²) in [6.07, 6.45) is 0.831. The number of amides is 1. The van der Waals surface area contributed by atoms with Gasteiger partial charge in [-0.2, -0.15) is 0 Å². The van der Waals surface area contributed by atoms with Gasteiger partial charge in [-0.25, -0.2) is 0 Å². The van der Waals surface area contributed by atoms with Crippen LogP contribution in [-0.4, -0.2) is 41.5 Å². The van der Waals surface area contributed by atoms with Gasteiger partial charge in [0.1, 0.15) is 6.04 Å². The van der Waals surface area contributed by atoms with E-state index in [1.807, 2.05) is 31.2 Å². The molecule has 0 fully saturated rings. The Balaban J connectivity index is 2.63. The molecule has 5 heteroatoms. The van der Waals surface area contributed by atoms with Crippen LogP contribution in [-0.2, 0) is 16.0 Å². The molecule has 1 atom stereocenters. The molecular weight excluding hydrogens is 244 g/mol. The zero-order valence-corrected chi connectivity index (χ0v) is 11.5. The third-order valence-electron chi connectivity index (χ3n) is 3.08. The molecule has 1 aromatic carbocycles. The molecular formula is C14H20N2O3. The Labute approximate surface area is 113 Å². The van der Waals surface area contributed by atoms with Crippen molar-refractivity contribution in [2.45, 2.75) is 26.3 Å². The Kier molecular flexibility index (Phi) is 5.51. The lowest BCUT2D eigenvalue weighted by atomic mass is 10.1. The van der Waals surface area contributed by atoms with Crippen molar-refractivity contribution in [3.05, 3.63) is 29.8 Å². The number of hydrogen-bond donors (Lipinski definition) is 2. The van der Waals surface area contributed by atoms with E-state index in [4.69, 9.17) is 5.11 Å². The number of para-hydroxylation sites is 1. The van der Waals surface area contributed by atoms with Crippen molar-refractivity contribution in [2.75, 3.05) is 18.9 Å². The minimum atomic E-state index is -0.941.